The van der Waals surface area contributed by atoms with Gasteiger partial charge in [-0.2, -0.15) is 0 Å². The highest BCUT2D eigenvalue weighted by Gasteiger charge is 2.22. The van der Waals surface area contributed by atoms with Gasteiger partial charge in [-0.1, -0.05) is 48.5 Å². The van der Waals surface area contributed by atoms with Gasteiger partial charge in [0.15, 0.2) is 0 Å². The number of hydrogen-bond acceptors (Lipinski definition) is 1. The molecule has 0 atom stereocenters. The SMILES string of the molecule is Cn1cc(CCCC(=O)N2CCC(Cc3ccccc3)CC2)c2ccccc21. The lowest BCUT2D eigenvalue weighted by atomic mass is 9.90. The fourth-order valence-corrected chi connectivity index (χ4v) is 4.55. The molecular formula is C25H30N2O. The number of benzene rings is 2. The average Bonchev–Trinajstić information content (AvgIpc) is 3.05. The first-order valence-electron chi connectivity index (χ1n) is 10.6. The van der Waals surface area contributed by atoms with Gasteiger partial charge in [-0.15, -0.1) is 0 Å². The van der Waals surface area contributed by atoms with Crippen LogP contribution in [0.5, 0.6) is 0 Å². The number of para-hydroxylation sites is 1. The van der Waals surface area contributed by atoms with Crippen molar-refractivity contribution in [2.45, 2.75) is 38.5 Å². The lowest BCUT2D eigenvalue weighted by Crippen LogP contribution is -2.38. The van der Waals surface area contributed by atoms with Crippen LogP contribution in [-0.2, 0) is 24.7 Å². The summed E-state index contributed by atoms with van der Waals surface area (Å²) in [5.41, 5.74) is 4.04. The maximum Gasteiger partial charge on any atom is 0.222 e. The van der Waals surface area contributed by atoms with Crippen molar-refractivity contribution in [2.24, 2.45) is 13.0 Å². The molecule has 1 fully saturated rings. The van der Waals surface area contributed by atoms with E-state index in [4.69, 9.17) is 0 Å². The third-order valence-electron chi connectivity index (χ3n) is 6.15. The number of carbonyl (C=O) groups excluding carboxylic acids is 1. The monoisotopic (exact) mass is 374 g/mol. The second-order valence-electron chi connectivity index (χ2n) is 8.15. The molecule has 0 unspecified atom stereocenters. The number of rotatable bonds is 6. The standard InChI is InChI=1S/C25H30N2O/c1-26-19-22(23-11-5-6-12-24(23)26)10-7-13-25(28)27-16-14-21(15-17-27)18-20-8-3-2-4-9-20/h2-6,8-9,11-12,19,21H,7,10,13-18H2,1H3. The van der Waals surface area contributed by atoms with E-state index in [1.807, 2.05) is 0 Å². The summed E-state index contributed by atoms with van der Waals surface area (Å²) in [7, 11) is 2.09. The second kappa shape index (κ2) is 8.64. The quantitative estimate of drug-likeness (QED) is 0.597. The maximum absolute atomic E-state index is 12.6. The van der Waals surface area contributed by atoms with Crippen molar-refractivity contribution in [3.63, 3.8) is 0 Å². The van der Waals surface area contributed by atoms with Gasteiger partial charge in [0.25, 0.3) is 0 Å². The number of likely N-dealkylation sites (tertiary alicyclic amines) is 1. The number of aromatic nitrogens is 1. The largest absolute Gasteiger partial charge is 0.350 e. The Labute approximate surface area is 168 Å². The van der Waals surface area contributed by atoms with Crippen LogP contribution in [0.2, 0.25) is 0 Å². The highest BCUT2D eigenvalue weighted by molar-refractivity contribution is 5.84. The molecular weight excluding hydrogens is 344 g/mol. The van der Waals surface area contributed by atoms with E-state index in [9.17, 15) is 4.79 Å². The van der Waals surface area contributed by atoms with Crippen LogP contribution >= 0.6 is 0 Å². The van der Waals surface area contributed by atoms with E-state index in [0.29, 0.717) is 18.2 Å². The number of carbonyl (C=O) groups is 1. The van der Waals surface area contributed by atoms with Gasteiger partial charge >= 0.3 is 0 Å². The number of piperidine rings is 1. The van der Waals surface area contributed by atoms with E-state index in [1.54, 1.807) is 0 Å². The minimum atomic E-state index is 0.332. The van der Waals surface area contributed by atoms with Crippen molar-refractivity contribution >= 4 is 16.8 Å². The van der Waals surface area contributed by atoms with Crippen LogP contribution in [0.15, 0.2) is 60.8 Å². The number of amides is 1. The number of hydrogen-bond donors (Lipinski definition) is 0. The van der Waals surface area contributed by atoms with Crippen molar-refractivity contribution in [3.8, 4) is 0 Å². The lowest BCUT2D eigenvalue weighted by Gasteiger charge is -2.32. The summed E-state index contributed by atoms with van der Waals surface area (Å²) in [6, 6.07) is 19.2. The van der Waals surface area contributed by atoms with Crippen LogP contribution in [-0.4, -0.2) is 28.5 Å². The number of fused-ring (bicyclic) bond motifs is 1. The summed E-state index contributed by atoms with van der Waals surface area (Å²) in [6.45, 7) is 1.84. The van der Waals surface area contributed by atoms with Gasteiger partial charge in [-0.05, 0) is 55.2 Å². The molecule has 3 aromatic rings. The molecule has 0 radical (unpaired) electrons. The Morgan fingerprint density at radius 1 is 1.00 bits per heavy atom. The molecule has 0 saturated carbocycles. The molecule has 1 aliphatic heterocycles. The van der Waals surface area contributed by atoms with Crippen LogP contribution in [0.3, 0.4) is 0 Å². The zero-order chi connectivity index (χ0) is 19.3. The summed E-state index contributed by atoms with van der Waals surface area (Å²) in [6.07, 6.45) is 8.17. The predicted molar refractivity (Wildman–Crippen MR) is 115 cm³/mol. The minimum absolute atomic E-state index is 0.332. The van der Waals surface area contributed by atoms with Crippen LogP contribution in [0.4, 0.5) is 0 Å². The molecule has 0 N–H and O–H groups in total. The van der Waals surface area contributed by atoms with Crippen LogP contribution in [0, 0.1) is 5.92 Å². The predicted octanol–water partition coefficient (Wildman–Crippen LogP) is 4.98. The minimum Gasteiger partial charge on any atom is -0.350 e. The zero-order valence-electron chi connectivity index (χ0n) is 16.8. The smallest absolute Gasteiger partial charge is 0.222 e. The molecule has 0 bridgehead atoms. The molecule has 1 amide bonds. The Bertz CT molecular complexity index is 920. The molecule has 1 aliphatic rings. The van der Waals surface area contributed by atoms with Gasteiger partial charge in [0, 0.05) is 43.7 Å². The van der Waals surface area contributed by atoms with Crippen molar-refractivity contribution in [1.29, 1.82) is 0 Å². The highest BCUT2D eigenvalue weighted by Crippen LogP contribution is 2.24. The molecule has 2 heterocycles. The van der Waals surface area contributed by atoms with E-state index in [0.717, 1.165) is 45.2 Å². The van der Waals surface area contributed by atoms with Gasteiger partial charge in [-0.25, -0.2) is 0 Å². The summed E-state index contributed by atoms with van der Waals surface area (Å²) >= 11 is 0. The third-order valence-corrected chi connectivity index (χ3v) is 6.15. The van der Waals surface area contributed by atoms with E-state index >= 15 is 0 Å². The van der Waals surface area contributed by atoms with E-state index < -0.39 is 0 Å². The van der Waals surface area contributed by atoms with Crippen LogP contribution in [0.1, 0.15) is 36.8 Å². The molecule has 0 aliphatic carbocycles. The molecule has 28 heavy (non-hydrogen) atoms. The van der Waals surface area contributed by atoms with Gasteiger partial charge in [-0.3, -0.25) is 4.79 Å². The molecule has 1 aromatic heterocycles. The molecule has 4 rings (SSSR count). The highest BCUT2D eigenvalue weighted by atomic mass is 16.2. The first kappa shape index (κ1) is 18.8. The maximum atomic E-state index is 12.6. The fraction of sp³-hybridized carbons (Fsp3) is 0.400. The number of nitrogens with zero attached hydrogens (tertiary/aromatic N) is 2. The van der Waals surface area contributed by atoms with Gasteiger partial charge in [0.2, 0.25) is 5.91 Å². The molecule has 2 aromatic carbocycles. The van der Waals surface area contributed by atoms with Gasteiger partial charge in [0.05, 0.1) is 0 Å². The second-order valence-corrected chi connectivity index (χ2v) is 8.15. The molecule has 3 nitrogen and oxygen atoms in total. The Morgan fingerprint density at radius 3 is 2.50 bits per heavy atom. The molecule has 146 valence electrons. The van der Waals surface area contributed by atoms with E-state index in [-0.39, 0.29) is 0 Å². The van der Waals surface area contributed by atoms with E-state index in [1.165, 1.54) is 22.0 Å². The summed E-state index contributed by atoms with van der Waals surface area (Å²) < 4.78 is 2.18. The zero-order valence-corrected chi connectivity index (χ0v) is 16.8. The molecule has 0 spiro atoms. The van der Waals surface area contributed by atoms with Crippen molar-refractivity contribution in [2.75, 3.05) is 13.1 Å². The first-order chi connectivity index (χ1) is 13.7. The normalized spacial score (nSPS) is 15.2. The third kappa shape index (κ3) is 4.30. The summed E-state index contributed by atoms with van der Waals surface area (Å²) in [5.74, 6) is 1.04. The Hall–Kier alpha value is -2.55. The number of aryl methyl sites for hydroxylation is 2. The Balaban J connectivity index is 1.24. The summed E-state index contributed by atoms with van der Waals surface area (Å²) in [5, 5.41) is 1.32. The van der Waals surface area contributed by atoms with Crippen molar-refractivity contribution in [3.05, 3.63) is 71.9 Å². The van der Waals surface area contributed by atoms with Crippen LogP contribution < -0.4 is 0 Å². The first-order valence-corrected chi connectivity index (χ1v) is 10.6. The van der Waals surface area contributed by atoms with Crippen molar-refractivity contribution in [1.82, 2.24) is 9.47 Å². The van der Waals surface area contributed by atoms with Crippen LogP contribution in [0.25, 0.3) is 10.9 Å². The van der Waals surface area contributed by atoms with Gasteiger partial charge < -0.3 is 9.47 Å². The molecule has 1 saturated heterocycles. The molecule has 3 heteroatoms. The van der Waals surface area contributed by atoms with Crippen molar-refractivity contribution < 1.29 is 4.79 Å². The fourth-order valence-electron chi connectivity index (χ4n) is 4.55. The topological polar surface area (TPSA) is 25.2 Å². The summed E-state index contributed by atoms with van der Waals surface area (Å²) in [4.78, 5) is 14.7. The Morgan fingerprint density at radius 2 is 1.71 bits per heavy atom. The van der Waals surface area contributed by atoms with Gasteiger partial charge in [0.1, 0.15) is 0 Å². The lowest BCUT2D eigenvalue weighted by molar-refractivity contribution is -0.132. The average molecular weight is 375 g/mol. The Kier molecular flexibility index (Phi) is 5.80. The van der Waals surface area contributed by atoms with E-state index in [2.05, 4.69) is 77.3 Å².